The maximum atomic E-state index is 6.04. The van der Waals surface area contributed by atoms with Gasteiger partial charge in [-0.2, -0.15) is 0 Å². The predicted octanol–water partition coefficient (Wildman–Crippen LogP) is 2.07. The van der Waals surface area contributed by atoms with E-state index in [0.717, 1.165) is 0 Å². The Morgan fingerprint density at radius 3 is 2.94 bits per heavy atom. The molecule has 1 saturated heterocycles. The Bertz CT molecular complexity index is 358. The fourth-order valence-corrected chi connectivity index (χ4v) is 3.19. The summed E-state index contributed by atoms with van der Waals surface area (Å²) in [5, 5.41) is 0. The molecule has 1 fully saturated rings. The molecule has 2 unspecified atom stereocenters. The summed E-state index contributed by atoms with van der Waals surface area (Å²) in [7, 11) is 2.06. The van der Waals surface area contributed by atoms with Gasteiger partial charge in [-0.3, -0.25) is 4.90 Å². The third-order valence-electron chi connectivity index (χ3n) is 4.11. The highest BCUT2D eigenvalue weighted by atomic mass is 15.2. The summed E-state index contributed by atoms with van der Waals surface area (Å²) in [6.45, 7) is 4.13. The van der Waals surface area contributed by atoms with Gasteiger partial charge in [0.2, 0.25) is 0 Å². The quantitative estimate of drug-likeness (QED) is 0.870. The van der Waals surface area contributed by atoms with E-state index < -0.39 is 0 Å². The Hall–Kier alpha value is -0.870. The molecule has 0 spiro atoms. The molecule has 102 valence electrons. The maximum Gasteiger partial charge on any atom is 0.0946 e. The van der Waals surface area contributed by atoms with E-state index in [1.807, 2.05) is 12.5 Å². The van der Waals surface area contributed by atoms with Gasteiger partial charge >= 0.3 is 0 Å². The second-order valence-electron chi connectivity index (χ2n) is 5.36. The van der Waals surface area contributed by atoms with Crippen LogP contribution in [0.4, 0.5) is 0 Å². The van der Waals surface area contributed by atoms with Crippen LogP contribution in [0.1, 0.15) is 50.8 Å². The molecule has 1 aliphatic rings. The van der Waals surface area contributed by atoms with Gasteiger partial charge in [-0.05, 0) is 25.8 Å². The second kappa shape index (κ2) is 6.34. The number of nitrogens with two attached hydrogens (primary N) is 1. The average Bonchev–Trinajstić information content (AvgIpc) is 2.79. The van der Waals surface area contributed by atoms with Crippen molar-refractivity contribution in [3.63, 3.8) is 0 Å². The van der Waals surface area contributed by atoms with Gasteiger partial charge in [-0.15, -0.1) is 0 Å². The Balaban J connectivity index is 2.17. The minimum Gasteiger partial charge on any atom is -0.336 e. The fourth-order valence-electron chi connectivity index (χ4n) is 3.19. The van der Waals surface area contributed by atoms with Crippen molar-refractivity contribution < 1.29 is 0 Å². The van der Waals surface area contributed by atoms with Crippen molar-refractivity contribution in [2.75, 3.05) is 13.1 Å². The molecule has 1 aromatic rings. The van der Waals surface area contributed by atoms with E-state index in [4.69, 9.17) is 5.73 Å². The van der Waals surface area contributed by atoms with Crippen molar-refractivity contribution in [1.82, 2.24) is 14.5 Å². The summed E-state index contributed by atoms with van der Waals surface area (Å²) >= 11 is 0. The van der Waals surface area contributed by atoms with Crippen LogP contribution in [-0.4, -0.2) is 33.6 Å². The normalized spacial score (nSPS) is 23.2. The Labute approximate surface area is 110 Å². The molecule has 4 heteroatoms. The summed E-state index contributed by atoms with van der Waals surface area (Å²) in [5.41, 5.74) is 7.29. The van der Waals surface area contributed by atoms with Crippen LogP contribution in [0.3, 0.4) is 0 Å². The number of imidazole rings is 1. The summed E-state index contributed by atoms with van der Waals surface area (Å²) in [6.07, 6.45) is 10.4. The predicted molar refractivity (Wildman–Crippen MR) is 74.3 cm³/mol. The van der Waals surface area contributed by atoms with E-state index in [1.54, 1.807) is 0 Å². The van der Waals surface area contributed by atoms with Crippen LogP contribution in [0.5, 0.6) is 0 Å². The molecular weight excluding hydrogens is 224 g/mol. The molecule has 1 aliphatic heterocycles. The number of likely N-dealkylation sites (tertiary alicyclic amines) is 1. The smallest absolute Gasteiger partial charge is 0.0946 e. The highest BCUT2D eigenvalue weighted by Crippen LogP contribution is 2.29. The van der Waals surface area contributed by atoms with Crippen LogP contribution in [0.15, 0.2) is 12.5 Å². The SMILES string of the molecule is CCCC1CCCCN1C(CN)c1cncn1C. The second-order valence-corrected chi connectivity index (χ2v) is 5.36. The van der Waals surface area contributed by atoms with Gasteiger partial charge in [-0.1, -0.05) is 19.8 Å². The number of aryl methyl sites for hydroxylation is 1. The summed E-state index contributed by atoms with van der Waals surface area (Å²) in [4.78, 5) is 6.85. The zero-order valence-corrected chi connectivity index (χ0v) is 11.7. The molecule has 0 bridgehead atoms. The topological polar surface area (TPSA) is 47.1 Å². The first-order chi connectivity index (χ1) is 8.77. The molecule has 0 saturated carbocycles. The third kappa shape index (κ3) is 2.75. The van der Waals surface area contributed by atoms with Gasteiger partial charge in [0, 0.05) is 25.8 Å². The van der Waals surface area contributed by atoms with Crippen LogP contribution in [-0.2, 0) is 7.05 Å². The zero-order chi connectivity index (χ0) is 13.0. The lowest BCUT2D eigenvalue weighted by atomic mass is 9.95. The van der Waals surface area contributed by atoms with Crippen molar-refractivity contribution in [3.05, 3.63) is 18.2 Å². The van der Waals surface area contributed by atoms with Gasteiger partial charge in [0.15, 0.2) is 0 Å². The molecule has 2 heterocycles. The molecule has 2 rings (SSSR count). The Morgan fingerprint density at radius 2 is 2.33 bits per heavy atom. The number of hydrogen-bond acceptors (Lipinski definition) is 3. The molecule has 0 radical (unpaired) electrons. The number of piperidine rings is 1. The largest absolute Gasteiger partial charge is 0.336 e. The Kier molecular flexibility index (Phi) is 4.78. The molecule has 4 nitrogen and oxygen atoms in total. The van der Waals surface area contributed by atoms with Crippen LogP contribution in [0.2, 0.25) is 0 Å². The van der Waals surface area contributed by atoms with Gasteiger partial charge in [0.05, 0.1) is 18.1 Å². The van der Waals surface area contributed by atoms with E-state index >= 15 is 0 Å². The Morgan fingerprint density at radius 1 is 1.50 bits per heavy atom. The molecule has 18 heavy (non-hydrogen) atoms. The van der Waals surface area contributed by atoms with Crippen LogP contribution in [0, 0.1) is 0 Å². The molecule has 0 amide bonds. The van der Waals surface area contributed by atoms with E-state index in [9.17, 15) is 0 Å². The first-order valence-electron chi connectivity index (χ1n) is 7.20. The fraction of sp³-hybridized carbons (Fsp3) is 0.786. The van der Waals surface area contributed by atoms with Crippen molar-refractivity contribution >= 4 is 0 Å². The third-order valence-corrected chi connectivity index (χ3v) is 4.11. The first-order valence-corrected chi connectivity index (χ1v) is 7.20. The lowest BCUT2D eigenvalue weighted by molar-refractivity contribution is 0.0878. The minimum absolute atomic E-state index is 0.328. The summed E-state index contributed by atoms with van der Waals surface area (Å²) in [6, 6.07) is 1.03. The highest BCUT2D eigenvalue weighted by Gasteiger charge is 2.29. The maximum absolute atomic E-state index is 6.04. The van der Waals surface area contributed by atoms with E-state index in [1.165, 1.54) is 44.3 Å². The van der Waals surface area contributed by atoms with Gasteiger partial charge in [0.25, 0.3) is 0 Å². The molecule has 0 aromatic carbocycles. The molecule has 0 aliphatic carbocycles. The highest BCUT2D eigenvalue weighted by molar-refractivity contribution is 5.07. The van der Waals surface area contributed by atoms with E-state index in [0.29, 0.717) is 18.6 Å². The summed E-state index contributed by atoms with van der Waals surface area (Å²) in [5.74, 6) is 0. The lowest BCUT2D eigenvalue weighted by Crippen LogP contribution is -2.45. The average molecular weight is 250 g/mol. The van der Waals surface area contributed by atoms with E-state index in [-0.39, 0.29) is 0 Å². The van der Waals surface area contributed by atoms with Crippen LogP contribution in [0.25, 0.3) is 0 Å². The summed E-state index contributed by atoms with van der Waals surface area (Å²) < 4.78 is 2.11. The monoisotopic (exact) mass is 250 g/mol. The van der Waals surface area contributed by atoms with Gasteiger partial charge in [0.1, 0.15) is 0 Å². The number of hydrogen-bond donors (Lipinski definition) is 1. The number of aromatic nitrogens is 2. The molecule has 2 atom stereocenters. The zero-order valence-electron chi connectivity index (χ0n) is 11.7. The number of nitrogens with zero attached hydrogens (tertiary/aromatic N) is 3. The standard InChI is InChI=1S/C14H26N4/c1-3-6-12-7-4-5-8-18(12)13(9-15)14-10-16-11-17(14)2/h10-13H,3-9,15H2,1-2H3. The van der Waals surface area contributed by atoms with Crippen molar-refractivity contribution in [3.8, 4) is 0 Å². The molecule has 2 N–H and O–H groups in total. The first kappa shape index (κ1) is 13.6. The minimum atomic E-state index is 0.328. The lowest BCUT2D eigenvalue weighted by Gasteiger charge is -2.41. The van der Waals surface area contributed by atoms with Crippen molar-refractivity contribution in [1.29, 1.82) is 0 Å². The van der Waals surface area contributed by atoms with Gasteiger partial charge < -0.3 is 10.3 Å². The van der Waals surface area contributed by atoms with Crippen LogP contribution < -0.4 is 5.73 Å². The van der Waals surface area contributed by atoms with E-state index in [2.05, 4.69) is 28.4 Å². The van der Waals surface area contributed by atoms with Crippen LogP contribution >= 0.6 is 0 Å². The van der Waals surface area contributed by atoms with Gasteiger partial charge in [-0.25, -0.2) is 4.98 Å². The van der Waals surface area contributed by atoms with Crippen molar-refractivity contribution in [2.45, 2.75) is 51.1 Å². The molecule has 1 aromatic heterocycles. The number of rotatable bonds is 5. The molecular formula is C14H26N4. The van der Waals surface area contributed by atoms with Crippen molar-refractivity contribution in [2.24, 2.45) is 12.8 Å².